The van der Waals surface area contributed by atoms with E-state index in [-0.39, 0.29) is 11.1 Å². The van der Waals surface area contributed by atoms with Crippen molar-refractivity contribution in [2.45, 2.75) is 11.2 Å². The van der Waals surface area contributed by atoms with Gasteiger partial charge in [-0.15, -0.1) is 40.5 Å². The van der Waals surface area contributed by atoms with Crippen LogP contribution in [0.4, 0.5) is 0 Å². The molecular formula is C16H14N4O12. The van der Waals surface area contributed by atoms with Crippen LogP contribution in [0.5, 0.6) is 0 Å². The van der Waals surface area contributed by atoms with Gasteiger partial charge in [-0.25, -0.2) is 0 Å². The lowest BCUT2D eigenvalue weighted by Gasteiger charge is -2.45. The summed E-state index contributed by atoms with van der Waals surface area (Å²) in [5, 5.41) is 39.5. The molecule has 2 atom stereocenters. The standard InChI is InChI=1S/C16H14N4O12/c21-17(22)29-11-15(31-19(25)26,13-7-3-1-4-8-13)16(32-20(27)28,12-30-18(23)24)14-9-5-2-6-10-14/h1-10H,11-12H2/t15-,16+. The normalized spacial score (nSPS) is 14.1. The van der Waals surface area contributed by atoms with Gasteiger partial charge in [-0.2, -0.15) is 0 Å². The summed E-state index contributed by atoms with van der Waals surface area (Å²) < 4.78 is 0. The van der Waals surface area contributed by atoms with Crippen LogP contribution in [0.3, 0.4) is 0 Å². The molecule has 0 unspecified atom stereocenters. The third-order valence-electron chi connectivity index (χ3n) is 4.34. The topological polar surface area (TPSA) is 209 Å². The van der Waals surface area contributed by atoms with E-state index in [4.69, 9.17) is 9.68 Å². The molecular weight excluding hydrogens is 440 g/mol. The first-order valence-corrected chi connectivity index (χ1v) is 8.45. The Hall–Kier alpha value is -4.76. The molecule has 0 aromatic heterocycles. The molecule has 0 aliphatic rings. The van der Waals surface area contributed by atoms with E-state index in [9.17, 15) is 40.5 Å². The SMILES string of the molecule is O=[N+]([O-])OC[C@](O[N+](=O)[O-])(c1ccccc1)[C@](CO[N+](=O)[O-])(O[N+](=O)[O-])c1ccccc1. The molecule has 0 N–H and O–H groups in total. The Balaban J connectivity index is 2.95. The molecule has 16 nitrogen and oxygen atoms in total. The van der Waals surface area contributed by atoms with Crippen molar-refractivity contribution < 1.29 is 39.7 Å². The van der Waals surface area contributed by atoms with Gasteiger partial charge in [0.1, 0.15) is 13.2 Å². The molecule has 0 bridgehead atoms. The molecule has 0 radical (unpaired) electrons. The fourth-order valence-corrected chi connectivity index (χ4v) is 3.13. The molecule has 2 aromatic carbocycles. The van der Waals surface area contributed by atoms with Crippen molar-refractivity contribution in [3.63, 3.8) is 0 Å². The number of hydrogen-bond donors (Lipinski definition) is 0. The van der Waals surface area contributed by atoms with Gasteiger partial charge in [-0.3, -0.25) is 9.68 Å². The van der Waals surface area contributed by atoms with Crippen LogP contribution in [-0.4, -0.2) is 33.6 Å². The molecule has 0 aliphatic carbocycles. The highest BCUT2D eigenvalue weighted by Gasteiger charge is 2.62. The second-order valence-electron chi connectivity index (χ2n) is 6.01. The Morgan fingerprint density at radius 3 is 1.12 bits per heavy atom. The van der Waals surface area contributed by atoms with Crippen LogP contribution in [0.25, 0.3) is 0 Å². The van der Waals surface area contributed by atoms with Crippen LogP contribution in [-0.2, 0) is 30.6 Å². The van der Waals surface area contributed by atoms with E-state index < -0.39 is 44.8 Å². The first kappa shape index (κ1) is 23.5. The lowest BCUT2D eigenvalue weighted by atomic mass is 9.74. The smallest absolute Gasteiger partial charge is 0.295 e. The average molecular weight is 454 g/mol. The van der Waals surface area contributed by atoms with Crippen molar-refractivity contribution in [2.24, 2.45) is 0 Å². The van der Waals surface area contributed by atoms with E-state index in [0.29, 0.717) is 0 Å². The predicted octanol–water partition coefficient (Wildman–Crippen LogP) is 1.61. The molecule has 16 heteroatoms. The van der Waals surface area contributed by atoms with E-state index in [1.165, 1.54) is 60.7 Å². The van der Waals surface area contributed by atoms with Gasteiger partial charge in [0.25, 0.3) is 20.3 Å². The maximum Gasteiger partial charge on any atom is 0.295 e. The monoisotopic (exact) mass is 454 g/mol. The summed E-state index contributed by atoms with van der Waals surface area (Å²) in [4.78, 5) is 63.2. The largest absolute Gasteiger partial charge is 0.311 e. The molecule has 32 heavy (non-hydrogen) atoms. The zero-order chi connectivity index (χ0) is 23.8. The number of hydrogen-bond acceptors (Lipinski definition) is 12. The maximum atomic E-state index is 11.5. The van der Waals surface area contributed by atoms with Crippen molar-refractivity contribution in [3.05, 3.63) is 112 Å². The zero-order valence-corrected chi connectivity index (χ0v) is 15.9. The summed E-state index contributed by atoms with van der Waals surface area (Å²) in [6.45, 7) is -2.68. The Labute approximate surface area is 177 Å². The van der Waals surface area contributed by atoms with Gasteiger partial charge in [0.05, 0.1) is 0 Å². The minimum Gasteiger partial charge on any atom is -0.311 e. The summed E-state index contributed by atoms with van der Waals surface area (Å²) in [7, 11) is 0. The molecule has 2 aromatic rings. The fraction of sp³-hybridized carbons (Fsp3) is 0.250. The fourth-order valence-electron chi connectivity index (χ4n) is 3.13. The second-order valence-corrected chi connectivity index (χ2v) is 6.01. The van der Waals surface area contributed by atoms with Gasteiger partial charge in [-0.1, -0.05) is 60.7 Å². The van der Waals surface area contributed by atoms with Gasteiger partial charge in [0, 0.05) is 0 Å². The van der Waals surface area contributed by atoms with Crippen LogP contribution in [0.2, 0.25) is 0 Å². The van der Waals surface area contributed by atoms with Gasteiger partial charge < -0.3 is 9.68 Å². The summed E-state index contributed by atoms with van der Waals surface area (Å²) >= 11 is 0. The molecule has 0 saturated heterocycles. The molecule has 0 spiro atoms. The number of rotatable bonds is 13. The zero-order valence-electron chi connectivity index (χ0n) is 15.9. The minimum absolute atomic E-state index is 0.267. The third-order valence-corrected chi connectivity index (χ3v) is 4.34. The van der Waals surface area contributed by atoms with E-state index >= 15 is 0 Å². The summed E-state index contributed by atoms with van der Waals surface area (Å²) in [5.74, 6) is 0. The summed E-state index contributed by atoms with van der Waals surface area (Å²) in [5.41, 5.74) is -6.18. The van der Waals surface area contributed by atoms with E-state index in [2.05, 4.69) is 9.68 Å². The van der Waals surface area contributed by atoms with Crippen molar-refractivity contribution in [2.75, 3.05) is 13.2 Å². The molecule has 2 rings (SSSR count). The molecule has 0 heterocycles. The highest BCUT2D eigenvalue weighted by molar-refractivity contribution is 5.35. The Morgan fingerprint density at radius 1 is 0.562 bits per heavy atom. The van der Waals surface area contributed by atoms with E-state index in [1.807, 2.05) is 0 Å². The van der Waals surface area contributed by atoms with Crippen molar-refractivity contribution in [1.82, 2.24) is 0 Å². The summed E-state index contributed by atoms with van der Waals surface area (Å²) in [6.07, 6.45) is 0. The third kappa shape index (κ3) is 5.04. The van der Waals surface area contributed by atoms with Gasteiger partial charge in [0.2, 0.25) is 11.2 Å². The van der Waals surface area contributed by atoms with Crippen LogP contribution >= 0.6 is 0 Å². The van der Waals surface area contributed by atoms with Crippen molar-refractivity contribution in [3.8, 4) is 0 Å². The second kappa shape index (κ2) is 9.83. The Bertz CT molecular complexity index is 896. The maximum absolute atomic E-state index is 11.5. The van der Waals surface area contributed by atoms with Crippen molar-refractivity contribution in [1.29, 1.82) is 0 Å². The minimum atomic E-state index is -2.82. The Kier molecular flexibility index (Phi) is 7.22. The highest BCUT2D eigenvalue weighted by Crippen LogP contribution is 2.47. The Morgan fingerprint density at radius 2 is 0.875 bits per heavy atom. The first-order chi connectivity index (χ1) is 15.1. The van der Waals surface area contributed by atoms with E-state index in [0.717, 1.165) is 0 Å². The molecule has 0 saturated carbocycles. The first-order valence-electron chi connectivity index (χ1n) is 8.45. The molecule has 0 amide bonds. The average Bonchev–Trinajstić information content (AvgIpc) is 2.74. The quantitative estimate of drug-likeness (QED) is 0.312. The van der Waals surface area contributed by atoms with E-state index in [1.54, 1.807) is 0 Å². The summed E-state index contributed by atoms with van der Waals surface area (Å²) in [6, 6.07) is 13.0. The van der Waals surface area contributed by atoms with Gasteiger partial charge in [-0.05, 0) is 11.1 Å². The lowest BCUT2D eigenvalue weighted by Crippen LogP contribution is -2.60. The van der Waals surface area contributed by atoms with Gasteiger partial charge >= 0.3 is 0 Å². The predicted molar refractivity (Wildman–Crippen MR) is 98.3 cm³/mol. The highest BCUT2D eigenvalue weighted by atomic mass is 17.0. The van der Waals surface area contributed by atoms with Crippen LogP contribution in [0.15, 0.2) is 60.7 Å². The molecule has 170 valence electrons. The lowest BCUT2D eigenvalue weighted by molar-refractivity contribution is -0.847. The van der Waals surface area contributed by atoms with Crippen LogP contribution in [0.1, 0.15) is 11.1 Å². The number of benzene rings is 2. The molecule has 0 aliphatic heterocycles. The van der Waals surface area contributed by atoms with Crippen LogP contribution < -0.4 is 0 Å². The molecule has 0 fully saturated rings. The number of nitrogens with zero attached hydrogens (tertiary/aromatic N) is 4. The van der Waals surface area contributed by atoms with Crippen molar-refractivity contribution >= 4 is 0 Å². The van der Waals surface area contributed by atoms with Gasteiger partial charge in [0.15, 0.2) is 0 Å². The van der Waals surface area contributed by atoms with Crippen LogP contribution in [0, 0.1) is 40.5 Å².